The average Bonchev–Trinajstić information content (AvgIpc) is 3.93. The molecule has 0 aliphatic carbocycles. The molecule has 3 fully saturated rings. The Bertz CT molecular complexity index is 2680. The van der Waals surface area contributed by atoms with Crippen molar-refractivity contribution in [3.63, 3.8) is 0 Å². The van der Waals surface area contributed by atoms with Crippen molar-refractivity contribution in [1.82, 2.24) is 44.7 Å². The molecule has 4 aliphatic heterocycles. The number of likely N-dealkylation sites (tertiary alicyclic amines) is 1. The molecule has 22 heteroatoms. The van der Waals surface area contributed by atoms with Crippen LogP contribution in [0.25, 0.3) is 10.8 Å². The van der Waals surface area contributed by atoms with Crippen LogP contribution >= 0.6 is 11.6 Å². The molecule has 4 aliphatic rings. The van der Waals surface area contributed by atoms with Gasteiger partial charge in [0, 0.05) is 106 Å². The molecule has 4 N–H and O–H groups in total. The SMILES string of the molecule is C=CC(=O)N1CCN(c2nc(OC[C@@H]3CCCN3CCCCNC(=O)CN3C[C@H](CC)N(CC(=O)O)C[C@H](CC)N(CC(=O)O)C[C@@H](CC)N(CC(=O)O)C[C@@H]3CC)nc3c2CCN(c2cccc4cccc(Cl)c24)C3)C[C@@H]1CC#N. The summed E-state index contributed by atoms with van der Waals surface area (Å²) in [6, 6.07) is 13.4. The molecule has 0 spiro atoms. The van der Waals surface area contributed by atoms with E-state index in [1.165, 1.54) is 6.08 Å². The van der Waals surface area contributed by atoms with E-state index in [4.69, 9.17) is 26.3 Å². The first kappa shape index (κ1) is 62.5. The van der Waals surface area contributed by atoms with Crippen LogP contribution in [0.3, 0.4) is 0 Å². The summed E-state index contributed by atoms with van der Waals surface area (Å²) in [5, 5.41) is 45.9. The van der Waals surface area contributed by atoms with Crippen LogP contribution < -0.4 is 19.9 Å². The lowest BCUT2D eigenvalue weighted by atomic mass is 10.0. The van der Waals surface area contributed by atoms with E-state index in [1.54, 1.807) is 4.90 Å². The van der Waals surface area contributed by atoms with Crippen LogP contribution in [0.2, 0.25) is 5.02 Å². The lowest BCUT2D eigenvalue weighted by Gasteiger charge is -2.45. The molecule has 21 nitrogen and oxygen atoms in total. The zero-order valence-electron chi connectivity index (χ0n) is 47.9. The van der Waals surface area contributed by atoms with E-state index in [1.807, 2.05) is 60.6 Å². The van der Waals surface area contributed by atoms with E-state index < -0.39 is 17.9 Å². The third-order valence-electron chi connectivity index (χ3n) is 17.0. The maximum Gasteiger partial charge on any atom is 0.318 e. The first-order chi connectivity index (χ1) is 39.1. The predicted molar refractivity (Wildman–Crippen MR) is 312 cm³/mol. The molecule has 2 aromatic carbocycles. The van der Waals surface area contributed by atoms with Gasteiger partial charge in [0.05, 0.1) is 62.0 Å². The maximum absolute atomic E-state index is 14.0. The number of ether oxygens (including phenoxy) is 1. The van der Waals surface area contributed by atoms with Crippen LogP contribution in [0.5, 0.6) is 6.01 Å². The van der Waals surface area contributed by atoms with Gasteiger partial charge in [-0.2, -0.15) is 15.2 Å². The molecule has 3 saturated heterocycles. The summed E-state index contributed by atoms with van der Waals surface area (Å²) in [5.41, 5.74) is 2.91. The number of hydrogen-bond donors (Lipinski definition) is 4. The smallest absolute Gasteiger partial charge is 0.318 e. The number of carbonyl (C=O) groups is 5. The van der Waals surface area contributed by atoms with Crippen LogP contribution in [-0.4, -0.2) is 225 Å². The van der Waals surface area contributed by atoms with Gasteiger partial charge in [0.25, 0.3) is 0 Å². The molecule has 5 heterocycles. The second kappa shape index (κ2) is 30.2. The minimum atomic E-state index is -1.00. The fourth-order valence-corrected chi connectivity index (χ4v) is 12.9. The first-order valence-corrected chi connectivity index (χ1v) is 29.6. The monoisotopic (exact) mass is 1140 g/mol. The summed E-state index contributed by atoms with van der Waals surface area (Å²) in [7, 11) is 0. The number of unbranched alkanes of at least 4 members (excludes halogenated alkanes) is 1. The summed E-state index contributed by atoms with van der Waals surface area (Å²) >= 11 is 6.82. The van der Waals surface area contributed by atoms with Gasteiger partial charge in [0.15, 0.2) is 0 Å². The number of nitrogens with zero attached hydrogens (tertiary/aromatic N) is 11. The number of halogens is 1. The molecule has 6 atom stereocenters. The normalized spacial score (nSPS) is 23.0. The minimum absolute atomic E-state index is 0.0508. The van der Waals surface area contributed by atoms with E-state index in [0.29, 0.717) is 109 Å². The van der Waals surface area contributed by atoms with Crippen molar-refractivity contribution in [3.05, 3.63) is 65.3 Å². The number of carboxylic acid groups (broad SMARTS) is 3. The number of nitriles is 1. The van der Waals surface area contributed by atoms with Crippen LogP contribution in [0.15, 0.2) is 49.1 Å². The number of anilines is 2. The number of amides is 2. The molecule has 0 unspecified atom stereocenters. The summed E-state index contributed by atoms with van der Waals surface area (Å²) in [5.74, 6) is -2.57. The highest BCUT2D eigenvalue weighted by Crippen LogP contribution is 2.38. The molecule has 0 saturated carbocycles. The lowest BCUT2D eigenvalue weighted by molar-refractivity contribution is -0.143. The van der Waals surface area contributed by atoms with E-state index in [9.17, 15) is 44.6 Å². The number of piperazine rings is 1. The molecule has 0 bridgehead atoms. The van der Waals surface area contributed by atoms with Gasteiger partial charge in [-0.3, -0.25) is 48.5 Å². The number of benzene rings is 2. The number of hydrogen-bond acceptors (Lipinski definition) is 16. The Kier molecular flexibility index (Phi) is 23.3. The standard InChI is InChI=1S/C59H85ClN12O9/c1-6-42-31-69(37-54(75)76)44(8-3)33-71(39-56(79)80)45(9-4)32-70(38-55(77)78)43(7-2)30-68(42)36-52(73)62-24-11-12-25-65-26-15-18-47(65)40-81-59-63-50-35-66(51-20-14-17-41-16-13-19-49(60)57(41)51)27-22-48(50)58(64-59)67-28-29-72(53(74)10-5)46(34-67)21-23-61/h10,13-14,16-17,19-20,42-47H,5-9,11-12,15,18,21-22,24-40H2,1-4H3,(H,62,73)(H,75,76)(H,77,78)(H,79,80)/t42-,43-,44+,45-,46-,47-/m0/s1. The highest BCUT2D eigenvalue weighted by atomic mass is 35.5. The third-order valence-corrected chi connectivity index (χ3v) is 17.3. The van der Waals surface area contributed by atoms with Crippen LogP contribution in [0.1, 0.15) is 96.7 Å². The van der Waals surface area contributed by atoms with Crippen LogP contribution in [-0.2, 0) is 36.9 Å². The number of carbonyl (C=O) groups excluding carboxylic acids is 2. The predicted octanol–water partition coefficient (Wildman–Crippen LogP) is 5.29. The molecule has 0 radical (unpaired) electrons. The van der Waals surface area contributed by atoms with Gasteiger partial charge in [-0.05, 0) is 94.5 Å². The molecule has 2 amide bonds. The van der Waals surface area contributed by atoms with E-state index in [-0.39, 0.29) is 86.7 Å². The van der Waals surface area contributed by atoms with Gasteiger partial charge in [-0.1, -0.05) is 70.1 Å². The topological polar surface area (TPSA) is 243 Å². The van der Waals surface area contributed by atoms with Crippen molar-refractivity contribution >= 4 is 63.6 Å². The Morgan fingerprint density at radius 3 is 1.89 bits per heavy atom. The molecule has 3 aromatic rings. The van der Waals surface area contributed by atoms with Crippen LogP contribution in [0, 0.1) is 11.3 Å². The van der Waals surface area contributed by atoms with Crippen LogP contribution in [0.4, 0.5) is 11.5 Å². The Labute approximate surface area is 482 Å². The molecular weight excluding hydrogens is 1060 g/mol. The van der Waals surface area contributed by atoms with Gasteiger partial charge in [-0.25, -0.2) is 0 Å². The van der Waals surface area contributed by atoms with E-state index >= 15 is 0 Å². The van der Waals surface area contributed by atoms with Gasteiger partial charge in [-0.15, -0.1) is 0 Å². The fraction of sp³-hybridized carbons (Fsp3) is 0.627. The van der Waals surface area contributed by atoms with Crippen molar-refractivity contribution in [1.29, 1.82) is 5.26 Å². The van der Waals surface area contributed by atoms with Crippen molar-refractivity contribution < 1.29 is 44.0 Å². The molecule has 1 aromatic heterocycles. The number of rotatable bonds is 24. The van der Waals surface area contributed by atoms with E-state index in [2.05, 4.69) is 55.8 Å². The number of carboxylic acids is 3. The van der Waals surface area contributed by atoms with Crippen molar-refractivity contribution in [2.24, 2.45) is 0 Å². The Morgan fingerprint density at radius 2 is 1.32 bits per heavy atom. The Morgan fingerprint density at radius 1 is 0.728 bits per heavy atom. The molecular formula is C59H85ClN12O9. The summed E-state index contributed by atoms with van der Waals surface area (Å²) in [6.07, 6.45) is 8.00. The number of aromatic nitrogens is 2. The Hall–Kier alpha value is -6.15. The van der Waals surface area contributed by atoms with Gasteiger partial charge in [0.2, 0.25) is 11.8 Å². The highest BCUT2D eigenvalue weighted by molar-refractivity contribution is 6.36. The number of fused-ring (bicyclic) bond motifs is 2. The van der Waals surface area contributed by atoms with E-state index in [0.717, 1.165) is 72.3 Å². The Balaban J connectivity index is 1.01. The van der Waals surface area contributed by atoms with Gasteiger partial charge in [0.1, 0.15) is 12.4 Å². The summed E-state index contributed by atoms with van der Waals surface area (Å²) < 4.78 is 6.59. The maximum atomic E-state index is 14.0. The molecule has 442 valence electrons. The molecule has 81 heavy (non-hydrogen) atoms. The first-order valence-electron chi connectivity index (χ1n) is 29.2. The summed E-state index contributed by atoms with van der Waals surface area (Å²) in [4.78, 5) is 90.4. The third kappa shape index (κ3) is 16.5. The molecule has 7 rings (SSSR count). The van der Waals surface area contributed by atoms with Gasteiger partial charge >= 0.3 is 23.9 Å². The largest absolute Gasteiger partial charge is 0.480 e. The van der Waals surface area contributed by atoms with Crippen molar-refractivity contribution in [2.75, 3.05) is 115 Å². The highest BCUT2D eigenvalue weighted by Gasteiger charge is 2.37. The summed E-state index contributed by atoms with van der Waals surface area (Å²) in [6.45, 7) is 17.4. The average molecular weight is 1140 g/mol. The number of aliphatic carboxylic acids is 3. The zero-order chi connectivity index (χ0) is 58.2. The second-order valence-corrected chi connectivity index (χ2v) is 22.5. The zero-order valence-corrected chi connectivity index (χ0v) is 48.6. The lowest BCUT2D eigenvalue weighted by Crippen LogP contribution is -2.60. The quantitative estimate of drug-likeness (QED) is 0.0658. The van der Waals surface area contributed by atoms with Crippen molar-refractivity contribution in [2.45, 2.75) is 135 Å². The minimum Gasteiger partial charge on any atom is -0.480 e. The number of nitrogens with one attached hydrogen (secondary N) is 1. The van der Waals surface area contributed by atoms with Gasteiger partial charge < -0.3 is 40.1 Å². The second-order valence-electron chi connectivity index (χ2n) is 22.1. The van der Waals surface area contributed by atoms with Crippen molar-refractivity contribution in [3.8, 4) is 12.1 Å². The fourth-order valence-electron chi connectivity index (χ4n) is 12.6.